The first kappa shape index (κ1) is 19.4. The Bertz CT molecular complexity index is 922. The van der Waals surface area contributed by atoms with Crippen molar-refractivity contribution in [1.29, 1.82) is 0 Å². The van der Waals surface area contributed by atoms with Crippen LogP contribution in [-0.4, -0.2) is 0 Å². The third-order valence-electron chi connectivity index (χ3n) is 3.30. The first-order valence-electron chi connectivity index (χ1n) is 7.32. The zero-order valence-electron chi connectivity index (χ0n) is 13.0. The summed E-state index contributed by atoms with van der Waals surface area (Å²) in [4.78, 5) is 0. The molecular weight excluding hydrogens is 437 g/mol. The SMILES string of the molecule is O=P(Oc1ccc(Cl)cc1Cl)(Oc1ccc(Cl)cc1Cl)c1ccccc1. The lowest BCUT2D eigenvalue weighted by atomic mass is 10.3. The number of hydrogen-bond acceptors (Lipinski definition) is 3. The molecule has 0 aliphatic rings. The third-order valence-corrected chi connectivity index (χ3v) is 6.16. The van der Waals surface area contributed by atoms with E-state index in [1.807, 2.05) is 0 Å². The zero-order valence-corrected chi connectivity index (χ0v) is 17.0. The summed E-state index contributed by atoms with van der Waals surface area (Å²) in [5.74, 6) is 0.349. The molecule has 3 aromatic carbocycles. The summed E-state index contributed by atoms with van der Waals surface area (Å²) in [6.07, 6.45) is 0. The number of hydrogen-bond donors (Lipinski definition) is 0. The van der Waals surface area contributed by atoms with Gasteiger partial charge in [0.2, 0.25) is 0 Å². The summed E-state index contributed by atoms with van der Waals surface area (Å²) in [5.41, 5.74) is 0. The van der Waals surface area contributed by atoms with Crippen molar-refractivity contribution in [2.45, 2.75) is 0 Å². The normalized spacial score (nSPS) is 11.2. The Morgan fingerprint density at radius 3 is 1.54 bits per heavy atom. The highest BCUT2D eigenvalue weighted by molar-refractivity contribution is 7.63. The van der Waals surface area contributed by atoms with Crippen LogP contribution in [0.3, 0.4) is 0 Å². The zero-order chi connectivity index (χ0) is 18.7. The second-order valence-corrected chi connectivity index (χ2v) is 8.73. The Kier molecular flexibility index (Phi) is 6.06. The minimum absolute atomic E-state index is 0.174. The summed E-state index contributed by atoms with van der Waals surface area (Å²) in [6, 6.07) is 17.7. The molecule has 8 heteroatoms. The van der Waals surface area contributed by atoms with Gasteiger partial charge < -0.3 is 9.05 Å². The molecule has 0 fully saturated rings. The molecule has 0 heterocycles. The quantitative estimate of drug-likeness (QED) is 0.385. The maximum absolute atomic E-state index is 13.6. The summed E-state index contributed by atoms with van der Waals surface area (Å²) >= 11 is 24.1. The summed E-state index contributed by atoms with van der Waals surface area (Å²) in [6.45, 7) is 0. The summed E-state index contributed by atoms with van der Waals surface area (Å²) < 4.78 is 25.0. The lowest BCUT2D eigenvalue weighted by Gasteiger charge is -2.21. The van der Waals surface area contributed by atoms with E-state index in [1.54, 1.807) is 42.5 Å². The van der Waals surface area contributed by atoms with Gasteiger partial charge in [-0.15, -0.1) is 0 Å². The Morgan fingerprint density at radius 2 is 1.12 bits per heavy atom. The average molecular weight is 448 g/mol. The molecule has 0 saturated heterocycles. The molecule has 134 valence electrons. The molecule has 0 saturated carbocycles. The number of rotatable bonds is 5. The smallest absolute Gasteiger partial charge is 0.411 e. The van der Waals surface area contributed by atoms with Crippen LogP contribution in [0.2, 0.25) is 20.1 Å². The molecule has 0 amide bonds. The minimum Gasteiger partial charge on any atom is -0.411 e. The Hall–Kier alpha value is -1.35. The van der Waals surface area contributed by atoms with E-state index in [0.29, 0.717) is 15.3 Å². The highest BCUT2D eigenvalue weighted by Gasteiger charge is 2.32. The van der Waals surface area contributed by atoms with Gasteiger partial charge in [-0.3, -0.25) is 0 Å². The Balaban J connectivity index is 2.03. The lowest BCUT2D eigenvalue weighted by molar-refractivity contribution is 0.399. The molecule has 0 radical (unpaired) electrons. The van der Waals surface area contributed by atoms with E-state index in [9.17, 15) is 4.57 Å². The standard InChI is InChI=1S/C18H11Cl4O3P/c19-12-6-8-17(15(21)10-12)24-26(23,14-4-2-1-3-5-14)25-18-9-7-13(20)11-16(18)22/h1-11H. The first-order chi connectivity index (χ1) is 12.4. The Morgan fingerprint density at radius 1 is 0.654 bits per heavy atom. The van der Waals surface area contributed by atoms with Gasteiger partial charge in [0.25, 0.3) is 0 Å². The van der Waals surface area contributed by atoms with Crippen LogP contribution >= 0.6 is 54.0 Å². The molecule has 3 aromatic rings. The van der Waals surface area contributed by atoms with Crippen molar-refractivity contribution < 1.29 is 13.6 Å². The van der Waals surface area contributed by atoms with Gasteiger partial charge in [-0.2, -0.15) is 0 Å². The highest BCUT2D eigenvalue weighted by atomic mass is 35.5. The van der Waals surface area contributed by atoms with Crippen LogP contribution in [0, 0.1) is 0 Å². The van der Waals surface area contributed by atoms with E-state index in [2.05, 4.69) is 0 Å². The Labute approximate surface area is 170 Å². The summed E-state index contributed by atoms with van der Waals surface area (Å²) in [5, 5.41) is 1.62. The molecule has 3 rings (SSSR count). The molecule has 0 aliphatic heterocycles. The molecule has 0 aliphatic carbocycles. The predicted molar refractivity (Wildman–Crippen MR) is 108 cm³/mol. The number of benzene rings is 3. The van der Waals surface area contributed by atoms with Crippen molar-refractivity contribution in [3.63, 3.8) is 0 Å². The van der Waals surface area contributed by atoms with Crippen molar-refractivity contribution in [3.8, 4) is 11.5 Å². The maximum atomic E-state index is 13.6. The van der Waals surface area contributed by atoms with Gasteiger partial charge >= 0.3 is 7.60 Å². The molecule has 0 spiro atoms. The largest absolute Gasteiger partial charge is 0.462 e. The van der Waals surface area contributed by atoms with Gasteiger partial charge in [0.05, 0.1) is 15.3 Å². The second kappa shape index (κ2) is 8.12. The predicted octanol–water partition coefficient (Wildman–Crippen LogP) is 7.28. The average Bonchev–Trinajstić information content (AvgIpc) is 2.61. The van der Waals surface area contributed by atoms with E-state index in [0.717, 1.165) is 0 Å². The van der Waals surface area contributed by atoms with Crippen molar-refractivity contribution >= 4 is 59.3 Å². The van der Waals surface area contributed by atoms with Crippen molar-refractivity contribution in [3.05, 3.63) is 86.8 Å². The van der Waals surface area contributed by atoms with E-state index in [4.69, 9.17) is 55.5 Å². The van der Waals surface area contributed by atoms with Crippen LogP contribution in [0.4, 0.5) is 0 Å². The minimum atomic E-state index is -3.85. The van der Waals surface area contributed by atoms with Crippen molar-refractivity contribution in [1.82, 2.24) is 0 Å². The molecule has 26 heavy (non-hydrogen) atoms. The monoisotopic (exact) mass is 446 g/mol. The van der Waals surface area contributed by atoms with Gasteiger partial charge in [0.1, 0.15) is 11.5 Å². The van der Waals surface area contributed by atoms with Gasteiger partial charge in [-0.1, -0.05) is 64.6 Å². The van der Waals surface area contributed by atoms with Gasteiger partial charge in [-0.25, -0.2) is 4.57 Å². The first-order valence-corrected chi connectivity index (χ1v) is 10.4. The fraction of sp³-hybridized carbons (Fsp3) is 0. The highest BCUT2D eigenvalue weighted by Crippen LogP contribution is 2.50. The van der Waals surface area contributed by atoms with Crippen LogP contribution < -0.4 is 14.4 Å². The second-order valence-electron chi connectivity index (χ2n) is 5.17. The molecule has 3 nitrogen and oxygen atoms in total. The van der Waals surface area contributed by atoms with E-state index < -0.39 is 7.60 Å². The lowest BCUT2D eigenvalue weighted by Crippen LogP contribution is -2.14. The third kappa shape index (κ3) is 4.49. The summed E-state index contributed by atoms with van der Waals surface area (Å²) in [7, 11) is -3.85. The van der Waals surface area contributed by atoms with E-state index in [1.165, 1.54) is 24.3 Å². The molecule has 0 unspecified atom stereocenters. The van der Waals surface area contributed by atoms with E-state index >= 15 is 0 Å². The molecule has 0 N–H and O–H groups in total. The molecular formula is C18H11Cl4O3P. The van der Waals surface area contributed by atoms with Crippen molar-refractivity contribution in [2.24, 2.45) is 0 Å². The van der Waals surface area contributed by atoms with Crippen LogP contribution in [0.1, 0.15) is 0 Å². The topological polar surface area (TPSA) is 35.5 Å². The van der Waals surface area contributed by atoms with E-state index in [-0.39, 0.29) is 21.5 Å². The number of halogens is 4. The molecule has 0 atom stereocenters. The van der Waals surface area contributed by atoms with Crippen LogP contribution in [0.5, 0.6) is 11.5 Å². The molecule has 0 aromatic heterocycles. The van der Waals surface area contributed by atoms with Crippen LogP contribution in [-0.2, 0) is 4.57 Å². The van der Waals surface area contributed by atoms with Gasteiger partial charge in [0, 0.05) is 10.0 Å². The maximum Gasteiger partial charge on any atom is 0.462 e. The van der Waals surface area contributed by atoms with Crippen LogP contribution in [0.15, 0.2) is 66.7 Å². The van der Waals surface area contributed by atoms with Crippen LogP contribution in [0.25, 0.3) is 0 Å². The van der Waals surface area contributed by atoms with Gasteiger partial charge in [-0.05, 0) is 48.5 Å². The van der Waals surface area contributed by atoms with Crippen molar-refractivity contribution in [2.75, 3.05) is 0 Å². The fourth-order valence-corrected chi connectivity index (χ4v) is 4.72. The fourth-order valence-electron chi connectivity index (χ4n) is 2.09. The van der Waals surface area contributed by atoms with Gasteiger partial charge in [0.15, 0.2) is 0 Å². The molecule has 0 bridgehead atoms.